The highest BCUT2D eigenvalue weighted by Gasteiger charge is 2.27. The molecular formula is C41H53N12O5S+. The van der Waals surface area contributed by atoms with Crippen molar-refractivity contribution in [1.82, 2.24) is 45.2 Å². The minimum atomic E-state index is -0.370. The standard InChI is InChI=1S/C41H52N12O5S/c1-41(2,3)32-26-59-39(44-32)46-37(55)29-17-21-51-34(23-29)45-36(50-20-8-10-28(24-50)22-35(54)42-18-9-19-43-40(57)53(4,5)6)31(38(51)56)15-16-33-47-48-49-52(33)25-27-11-13-30(58-7)14-12-27/h11-17,21,23,26,28H,8-10,18-20,22,24-25H2,1-7H3,(H2-,42,43,44,46,54,55,57)/p+1/b16-15+. The molecule has 5 aromatic rings. The molecule has 17 nitrogen and oxygen atoms in total. The van der Waals surface area contributed by atoms with Gasteiger partial charge in [-0.05, 0) is 77.6 Å². The maximum Gasteiger partial charge on any atom is 0.415 e. The molecule has 1 atom stereocenters. The van der Waals surface area contributed by atoms with Crippen LogP contribution in [0.5, 0.6) is 5.75 Å². The van der Waals surface area contributed by atoms with E-state index in [1.165, 1.54) is 15.7 Å². The molecule has 312 valence electrons. The van der Waals surface area contributed by atoms with Crippen LogP contribution in [0.25, 0.3) is 17.8 Å². The minimum Gasteiger partial charge on any atom is -0.497 e. The molecule has 1 saturated heterocycles. The van der Waals surface area contributed by atoms with E-state index in [-0.39, 0.29) is 39.2 Å². The number of nitrogens with zero attached hydrogens (tertiary/aromatic N) is 9. The molecule has 0 radical (unpaired) electrons. The van der Waals surface area contributed by atoms with Gasteiger partial charge < -0.3 is 20.3 Å². The number of rotatable bonds is 14. The van der Waals surface area contributed by atoms with E-state index in [2.05, 4.69) is 57.2 Å². The highest BCUT2D eigenvalue weighted by molar-refractivity contribution is 7.14. The number of quaternary nitrogens is 1. The molecule has 0 bridgehead atoms. The number of benzene rings is 1. The zero-order valence-corrected chi connectivity index (χ0v) is 35.5. The number of pyridine rings is 1. The number of ether oxygens (including phenoxy) is 1. The van der Waals surface area contributed by atoms with Crippen LogP contribution < -0.4 is 31.1 Å². The van der Waals surface area contributed by atoms with E-state index in [0.717, 1.165) is 29.8 Å². The summed E-state index contributed by atoms with van der Waals surface area (Å²) in [6.45, 7) is 8.58. The maximum atomic E-state index is 14.4. The van der Waals surface area contributed by atoms with E-state index in [0.29, 0.717) is 79.1 Å². The minimum absolute atomic E-state index is 0.00363. The largest absolute Gasteiger partial charge is 0.497 e. The first-order valence-electron chi connectivity index (χ1n) is 19.6. The predicted octanol–water partition coefficient (Wildman–Crippen LogP) is 4.44. The smallest absolute Gasteiger partial charge is 0.415 e. The molecule has 5 heterocycles. The van der Waals surface area contributed by atoms with E-state index in [1.807, 2.05) is 34.5 Å². The van der Waals surface area contributed by atoms with Gasteiger partial charge >= 0.3 is 6.03 Å². The van der Waals surface area contributed by atoms with Crippen LogP contribution in [0.15, 0.2) is 52.8 Å². The zero-order valence-electron chi connectivity index (χ0n) is 34.7. The van der Waals surface area contributed by atoms with Crippen LogP contribution in [0.1, 0.15) is 79.5 Å². The number of piperidine rings is 1. The Balaban J connectivity index is 1.24. The van der Waals surface area contributed by atoms with Gasteiger partial charge in [-0.25, -0.2) is 23.9 Å². The topological polar surface area (TPSA) is 191 Å². The van der Waals surface area contributed by atoms with Gasteiger partial charge in [0.2, 0.25) is 5.91 Å². The van der Waals surface area contributed by atoms with Crippen molar-refractivity contribution in [2.45, 2.75) is 58.4 Å². The van der Waals surface area contributed by atoms with Gasteiger partial charge in [0.1, 0.15) is 17.2 Å². The summed E-state index contributed by atoms with van der Waals surface area (Å²) in [5, 5.41) is 23.4. The number of aromatic nitrogens is 7. The lowest BCUT2D eigenvalue weighted by Crippen LogP contribution is -2.48. The molecule has 3 N–H and O–H groups in total. The number of methoxy groups -OCH3 is 1. The van der Waals surface area contributed by atoms with Crippen LogP contribution in [-0.4, -0.2) is 111 Å². The van der Waals surface area contributed by atoms with E-state index in [4.69, 9.17) is 9.72 Å². The molecule has 6 rings (SSSR count). The van der Waals surface area contributed by atoms with Crippen molar-refractivity contribution >= 4 is 57.9 Å². The second kappa shape index (κ2) is 18.3. The molecule has 0 aliphatic carbocycles. The third-order valence-corrected chi connectivity index (χ3v) is 10.7. The zero-order chi connectivity index (χ0) is 42.3. The maximum absolute atomic E-state index is 14.4. The van der Waals surface area contributed by atoms with Crippen molar-refractivity contribution < 1.29 is 23.6 Å². The van der Waals surface area contributed by atoms with Crippen LogP contribution >= 0.6 is 11.3 Å². The summed E-state index contributed by atoms with van der Waals surface area (Å²) < 4.78 is 8.51. The van der Waals surface area contributed by atoms with E-state index < -0.39 is 0 Å². The number of anilines is 2. The lowest BCUT2D eigenvalue weighted by Gasteiger charge is -2.34. The summed E-state index contributed by atoms with van der Waals surface area (Å²) >= 11 is 1.35. The number of tetrazole rings is 1. The third-order valence-electron chi connectivity index (χ3n) is 9.90. The highest BCUT2D eigenvalue weighted by Crippen LogP contribution is 2.29. The monoisotopic (exact) mass is 825 g/mol. The number of hydrogen-bond acceptors (Lipinski definition) is 12. The number of nitrogens with one attached hydrogen (secondary N) is 3. The molecule has 18 heteroatoms. The Hall–Kier alpha value is -6.01. The van der Waals surface area contributed by atoms with Gasteiger partial charge in [-0.2, -0.15) is 0 Å². The number of carbonyl (C=O) groups is 3. The fraction of sp³-hybridized carbons (Fsp3) is 0.439. The van der Waals surface area contributed by atoms with E-state index >= 15 is 0 Å². The average Bonchev–Trinajstić information content (AvgIpc) is 3.86. The van der Waals surface area contributed by atoms with Gasteiger partial charge in [0.25, 0.3) is 11.5 Å². The Bertz CT molecular complexity index is 2370. The lowest BCUT2D eigenvalue weighted by molar-refractivity contribution is -0.787. The summed E-state index contributed by atoms with van der Waals surface area (Å²) in [4.78, 5) is 64.6. The van der Waals surface area contributed by atoms with Gasteiger partial charge in [0.05, 0.1) is 46.1 Å². The highest BCUT2D eigenvalue weighted by atomic mass is 32.1. The predicted molar refractivity (Wildman–Crippen MR) is 228 cm³/mol. The number of urea groups is 1. The first kappa shape index (κ1) is 42.6. The first-order valence-corrected chi connectivity index (χ1v) is 20.5. The molecule has 4 amide bonds. The molecular weight excluding hydrogens is 773 g/mol. The molecule has 1 fully saturated rings. The summed E-state index contributed by atoms with van der Waals surface area (Å²) in [5.41, 5.74) is 2.27. The molecule has 1 aliphatic rings. The Labute approximate surface area is 347 Å². The number of thiazole rings is 1. The van der Waals surface area contributed by atoms with Crippen LogP contribution in [-0.2, 0) is 16.8 Å². The van der Waals surface area contributed by atoms with Gasteiger partial charge in [0, 0.05) is 55.2 Å². The van der Waals surface area contributed by atoms with Crippen LogP contribution in [0, 0.1) is 5.92 Å². The van der Waals surface area contributed by atoms with Crippen LogP contribution in [0.4, 0.5) is 15.7 Å². The van der Waals surface area contributed by atoms with Crippen LogP contribution in [0.2, 0.25) is 0 Å². The van der Waals surface area contributed by atoms with Crippen molar-refractivity contribution in [3.63, 3.8) is 0 Å². The number of hydrogen-bond donors (Lipinski definition) is 3. The lowest BCUT2D eigenvalue weighted by atomic mass is 9.93. The summed E-state index contributed by atoms with van der Waals surface area (Å²) in [6.07, 6.45) is 7.45. The molecule has 0 spiro atoms. The number of carbonyl (C=O) groups excluding carboxylic acids is 3. The normalized spacial score (nSPS) is 14.8. The summed E-state index contributed by atoms with van der Waals surface area (Å²) in [7, 11) is 7.01. The summed E-state index contributed by atoms with van der Waals surface area (Å²) in [5.74, 6) is 1.17. The van der Waals surface area contributed by atoms with Gasteiger partial charge in [0.15, 0.2) is 11.0 Å². The van der Waals surface area contributed by atoms with Crippen LogP contribution in [0.3, 0.4) is 0 Å². The molecule has 1 unspecified atom stereocenters. The average molecular weight is 826 g/mol. The molecule has 1 aliphatic heterocycles. The number of amides is 4. The molecule has 59 heavy (non-hydrogen) atoms. The van der Waals surface area contributed by atoms with Crippen molar-refractivity contribution in [3.05, 3.63) is 86.5 Å². The molecule has 4 aromatic heterocycles. The Morgan fingerprint density at radius 3 is 2.51 bits per heavy atom. The van der Waals surface area contributed by atoms with Gasteiger partial charge in [-0.15, -0.1) is 16.4 Å². The molecule has 0 saturated carbocycles. The second-order valence-electron chi connectivity index (χ2n) is 16.5. The third kappa shape index (κ3) is 10.9. The Morgan fingerprint density at radius 2 is 1.80 bits per heavy atom. The quantitative estimate of drug-likeness (QED) is 0.106. The van der Waals surface area contributed by atoms with Crippen molar-refractivity contribution in [2.24, 2.45) is 5.92 Å². The fourth-order valence-corrected chi connectivity index (χ4v) is 7.46. The Morgan fingerprint density at radius 1 is 1.03 bits per heavy atom. The van der Waals surface area contributed by atoms with Crippen molar-refractivity contribution in [1.29, 1.82) is 0 Å². The fourth-order valence-electron chi connectivity index (χ4n) is 6.53. The van der Waals surface area contributed by atoms with E-state index in [9.17, 15) is 19.2 Å². The second-order valence-corrected chi connectivity index (χ2v) is 17.4. The van der Waals surface area contributed by atoms with Gasteiger partial charge in [-0.1, -0.05) is 32.9 Å². The van der Waals surface area contributed by atoms with Crippen molar-refractivity contribution in [2.75, 3.05) is 64.6 Å². The van der Waals surface area contributed by atoms with E-state index in [1.54, 1.807) is 63.4 Å². The Kier molecular flexibility index (Phi) is 13.2. The first-order chi connectivity index (χ1) is 28.1. The van der Waals surface area contributed by atoms with Crippen molar-refractivity contribution in [3.8, 4) is 5.75 Å². The molecule has 1 aromatic carbocycles. The number of fused-ring (bicyclic) bond motifs is 1. The SMILES string of the molecule is COc1ccc(Cn2nnnc2/C=C/c2c(N3CCCC(CC(=O)NCCCNC(=O)[N+](C)(C)C)C3)nc3cc(C(=O)Nc4nc(C(C)(C)C)cs4)ccn3c2=O)cc1. The summed E-state index contributed by atoms with van der Waals surface area (Å²) in [6, 6.07) is 10.7. The van der Waals surface area contributed by atoms with Gasteiger partial charge in [-0.3, -0.25) is 24.1 Å².